The van der Waals surface area contributed by atoms with Crippen LogP contribution in [0.1, 0.15) is 18.3 Å². The molecule has 0 atom stereocenters. The summed E-state index contributed by atoms with van der Waals surface area (Å²) in [5.41, 5.74) is -0.213. The van der Waals surface area contributed by atoms with Crippen LogP contribution in [0.3, 0.4) is 0 Å². The first-order valence-electron chi connectivity index (χ1n) is 7.98. The molecule has 0 radical (unpaired) electrons. The van der Waals surface area contributed by atoms with Crippen LogP contribution < -0.4 is 11.2 Å². The van der Waals surface area contributed by atoms with E-state index in [1.54, 1.807) is 35.9 Å². The molecular weight excluding hydrogens is 360 g/mol. The summed E-state index contributed by atoms with van der Waals surface area (Å²) in [6.45, 7) is 1.31. The Balaban J connectivity index is 2.30. The molecule has 3 rings (SSSR count). The van der Waals surface area contributed by atoms with Gasteiger partial charge in [0.15, 0.2) is 11.2 Å². The number of imidazole rings is 1. The van der Waals surface area contributed by atoms with Crippen molar-refractivity contribution in [3.05, 3.63) is 61.5 Å². The first-order chi connectivity index (χ1) is 12.3. The number of benzene rings is 1. The second kappa shape index (κ2) is 6.80. The molecule has 1 aromatic carbocycles. The maximum Gasteiger partial charge on any atom is 0.333 e. The van der Waals surface area contributed by atoms with E-state index in [0.29, 0.717) is 22.8 Å². The van der Waals surface area contributed by atoms with Crippen molar-refractivity contribution in [2.24, 2.45) is 7.05 Å². The highest BCUT2D eigenvalue weighted by molar-refractivity contribution is 6.30. The van der Waals surface area contributed by atoms with E-state index < -0.39 is 23.8 Å². The lowest BCUT2D eigenvalue weighted by Crippen LogP contribution is -2.41. The molecular formula is C17H17ClN4O4. The summed E-state index contributed by atoms with van der Waals surface area (Å²) in [4.78, 5) is 41.2. The molecule has 0 saturated carbocycles. The van der Waals surface area contributed by atoms with Gasteiger partial charge in [0.2, 0.25) is 0 Å². The average molecular weight is 377 g/mol. The molecule has 0 bridgehead atoms. The van der Waals surface area contributed by atoms with Gasteiger partial charge in [-0.1, -0.05) is 30.7 Å². The average Bonchev–Trinajstić information content (AvgIpc) is 2.93. The van der Waals surface area contributed by atoms with Crippen LogP contribution in [0.5, 0.6) is 0 Å². The van der Waals surface area contributed by atoms with Crippen LogP contribution in [0.4, 0.5) is 0 Å². The van der Waals surface area contributed by atoms with Crippen LogP contribution in [0.2, 0.25) is 5.02 Å². The molecule has 0 fully saturated rings. The van der Waals surface area contributed by atoms with Crippen LogP contribution in [0.15, 0.2) is 33.9 Å². The summed E-state index contributed by atoms with van der Waals surface area (Å²) < 4.78 is 3.65. The second-order valence-electron chi connectivity index (χ2n) is 5.89. The predicted octanol–water partition coefficient (Wildman–Crippen LogP) is 1.25. The number of rotatable bonds is 5. The Morgan fingerprint density at radius 1 is 1.19 bits per heavy atom. The zero-order valence-electron chi connectivity index (χ0n) is 14.3. The van der Waals surface area contributed by atoms with Gasteiger partial charge in [-0.2, -0.15) is 0 Å². The van der Waals surface area contributed by atoms with Crippen LogP contribution in [0.25, 0.3) is 11.2 Å². The standard InChI is InChI=1S/C17H17ClN4O4/c1-3-12-19-15-14(20(12)2)16(25)22(17(26)21(15)9-13(23)24)8-10-4-6-11(18)7-5-10/h4-7H,3,8-9H2,1-2H3,(H,23,24). The van der Waals surface area contributed by atoms with Gasteiger partial charge in [-0.3, -0.25) is 18.7 Å². The summed E-state index contributed by atoms with van der Waals surface area (Å²) in [7, 11) is 1.68. The molecule has 2 aromatic heterocycles. The lowest BCUT2D eigenvalue weighted by atomic mass is 10.2. The van der Waals surface area contributed by atoms with E-state index in [-0.39, 0.29) is 17.7 Å². The number of halogens is 1. The summed E-state index contributed by atoms with van der Waals surface area (Å²) in [6, 6.07) is 6.74. The maximum absolute atomic E-state index is 12.9. The van der Waals surface area contributed by atoms with Gasteiger partial charge in [-0.05, 0) is 17.7 Å². The van der Waals surface area contributed by atoms with Crippen molar-refractivity contribution in [1.29, 1.82) is 0 Å². The Hall–Kier alpha value is -2.87. The van der Waals surface area contributed by atoms with Crippen molar-refractivity contribution in [1.82, 2.24) is 18.7 Å². The molecule has 26 heavy (non-hydrogen) atoms. The number of hydrogen-bond donors (Lipinski definition) is 1. The summed E-state index contributed by atoms with van der Waals surface area (Å²) in [6.07, 6.45) is 0.545. The van der Waals surface area contributed by atoms with E-state index in [1.807, 2.05) is 6.92 Å². The lowest BCUT2D eigenvalue weighted by molar-refractivity contribution is -0.137. The van der Waals surface area contributed by atoms with Crippen LogP contribution in [-0.2, 0) is 31.4 Å². The highest BCUT2D eigenvalue weighted by Gasteiger charge is 2.20. The van der Waals surface area contributed by atoms with Gasteiger partial charge in [0.1, 0.15) is 12.4 Å². The molecule has 2 heterocycles. The normalized spacial score (nSPS) is 11.2. The quantitative estimate of drug-likeness (QED) is 0.722. The van der Waals surface area contributed by atoms with Crippen LogP contribution >= 0.6 is 11.6 Å². The molecule has 8 nitrogen and oxygen atoms in total. The topological polar surface area (TPSA) is 99.1 Å². The smallest absolute Gasteiger partial charge is 0.333 e. The zero-order chi connectivity index (χ0) is 19.0. The number of nitrogens with zero attached hydrogens (tertiary/aromatic N) is 4. The third-order valence-electron chi connectivity index (χ3n) is 4.20. The number of hydrogen-bond acceptors (Lipinski definition) is 4. The van der Waals surface area contributed by atoms with Crippen molar-refractivity contribution < 1.29 is 9.90 Å². The Bertz CT molecular complexity index is 1110. The van der Waals surface area contributed by atoms with Crippen LogP contribution in [-0.4, -0.2) is 29.8 Å². The predicted molar refractivity (Wildman–Crippen MR) is 96.8 cm³/mol. The van der Waals surface area contributed by atoms with Gasteiger partial charge in [0.25, 0.3) is 5.56 Å². The van der Waals surface area contributed by atoms with Gasteiger partial charge in [0.05, 0.1) is 6.54 Å². The van der Waals surface area contributed by atoms with Crippen molar-refractivity contribution in [2.45, 2.75) is 26.4 Å². The van der Waals surface area contributed by atoms with E-state index in [0.717, 1.165) is 9.13 Å². The Kier molecular flexibility index (Phi) is 4.69. The first kappa shape index (κ1) is 17.9. The van der Waals surface area contributed by atoms with E-state index >= 15 is 0 Å². The molecule has 136 valence electrons. The first-order valence-corrected chi connectivity index (χ1v) is 8.36. The third kappa shape index (κ3) is 3.03. The van der Waals surface area contributed by atoms with E-state index in [2.05, 4.69) is 4.98 Å². The van der Waals surface area contributed by atoms with Crippen molar-refractivity contribution in [2.75, 3.05) is 0 Å². The number of aromatic nitrogens is 4. The number of carboxylic acids is 1. The van der Waals surface area contributed by atoms with Gasteiger partial charge >= 0.3 is 11.7 Å². The fraction of sp³-hybridized carbons (Fsp3) is 0.294. The van der Waals surface area contributed by atoms with E-state index in [4.69, 9.17) is 16.7 Å². The molecule has 1 N–H and O–H groups in total. The molecule has 0 aliphatic carbocycles. The molecule has 3 aromatic rings. The molecule has 0 saturated heterocycles. The van der Waals surface area contributed by atoms with Gasteiger partial charge < -0.3 is 9.67 Å². The SMILES string of the molecule is CCc1nc2c(c(=O)n(Cc3ccc(Cl)cc3)c(=O)n2CC(=O)O)n1C. The number of aliphatic carboxylic acids is 1. The summed E-state index contributed by atoms with van der Waals surface area (Å²) in [5.74, 6) is -0.589. The summed E-state index contributed by atoms with van der Waals surface area (Å²) in [5, 5.41) is 9.71. The molecule has 0 aliphatic rings. The van der Waals surface area contributed by atoms with Gasteiger partial charge in [-0.25, -0.2) is 9.78 Å². The minimum Gasteiger partial charge on any atom is -0.480 e. The molecule has 9 heteroatoms. The monoisotopic (exact) mass is 376 g/mol. The Morgan fingerprint density at radius 3 is 2.42 bits per heavy atom. The largest absolute Gasteiger partial charge is 0.480 e. The second-order valence-corrected chi connectivity index (χ2v) is 6.33. The zero-order valence-corrected chi connectivity index (χ0v) is 15.0. The minimum absolute atomic E-state index is 0.0109. The maximum atomic E-state index is 12.9. The van der Waals surface area contributed by atoms with Crippen molar-refractivity contribution >= 4 is 28.7 Å². The van der Waals surface area contributed by atoms with Gasteiger partial charge in [-0.15, -0.1) is 0 Å². The fourth-order valence-electron chi connectivity index (χ4n) is 2.91. The highest BCUT2D eigenvalue weighted by Crippen LogP contribution is 2.12. The minimum atomic E-state index is -1.19. The Morgan fingerprint density at radius 2 is 1.85 bits per heavy atom. The lowest BCUT2D eigenvalue weighted by Gasteiger charge is -2.10. The van der Waals surface area contributed by atoms with Gasteiger partial charge in [0, 0.05) is 18.5 Å². The number of carbonyl (C=O) groups is 1. The highest BCUT2D eigenvalue weighted by atomic mass is 35.5. The fourth-order valence-corrected chi connectivity index (χ4v) is 3.04. The molecule has 0 amide bonds. The van der Waals surface area contributed by atoms with Crippen LogP contribution in [0, 0.1) is 0 Å². The van der Waals surface area contributed by atoms with E-state index in [9.17, 15) is 14.4 Å². The Labute approximate surface area is 152 Å². The number of carboxylic acid groups (broad SMARTS) is 1. The van der Waals surface area contributed by atoms with Crippen molar-refractivity contribution in [3.8, 4) is 0 Å². The molecule has 0 unspecified atom stereocenters. The van der Waals surface area contributed by atoms with E-state index in [1.165, 1.54) is 0 Å². The number of fused-ring (bicyclic) bond motifs is 1. The number of aryl methyl sites for hydroxylation is 2. The molecule has 0 spiro atoms. The third-order valence-corrected chi connectivity index (χ3v) is 4.45. The summed E-state index contributed by atoms with van der Waals surface area (Å²) >= 11 is 5.87. The molecule has 0 aliphatic heterocycles. The van der Waals surface area contributed by atoms with Crippen molar-refractivity contribution in [3.63, 3.8) is 0 Å².